The molecule has 6 heteroatoms. The molecule has 0 amide bonds. The number of halogens is 1. The first-order valence-electron chi connectivity index (χ1n) is 8.50. The van der Waals surface area contributed by atoms with Crippen molar-refractivity contribution >= 4 is 5.69 Å². The summed E-state index contributed by atoms with van der Waals surface area (Å²) in [5, 5.41) is 10.6. The number of aromatic nitrogens is 2. The van der Waals surface area contributed by atoms with Gasteiger partial charge < -0.3 is 14.8 Å². The van der Waals surface area contributed by atoms with Crippen molar-refractivity contribution in [1.82, 2.24) is 10.2 Å². The molecule has 1 heterocycles. The molecule has 2 aromatic carbocycles. The SMILES string of the molecule is CNc1ccc(-c2cc(-c3cccc(OCCOCCF)c3)[nH]n2)cc1. The molecule has 0 fully saturated rings. The van der Waals surface area contributed by atoms with Crippen LogP contribution < -0.4 is 10.1 Å². The lowest BCUT2D eigenvalue weighted by Gasteiger charge is -2.07. The van der Waals surface area contributed by atoms with Gasteiger partial charge in [0.1, 0.15) is 19.0 Å². The Hall–Kier alpha value is -2.86. The van der Waals surface area contributed by atoms with Crippen molar-refractivity contribution in [2.75, 3.05) is 38.9 Å². The number of aromatic amines is 1. The molecule has 136 valence electrons. The number of rotatable bonds is 9. The van der Waals surface area contributed by atoms with Crippen molar-refractivity contribution in [2.45, 2.75) is 0 Å². The maximum Gasteiger partial charge on any atom is 0.120 e. The van der Waals surface area contributed by atoms with E-state index in [-0.39, 0.29) is 6.61 Å². The second kappa shape index (κ2) is 9.01. The molecule has 0 bridgehead atoms. The number of hydrogen-bond donors (Lipinski definition) is 2. The van der Waals surface area contributed by atoms with Gasteiger partial charge in [-0.15, -0.1) is 0 Å². The van der Waals surface area contributed by atoms with Gasteiger partial charge in [-0.25, -0.2) is 4.39 Å². The Balaban J connectivity index is 1.67. The van der Waals surface area contributed by atoms with Gasteiger partial charge in [-0.1, -0.05) is 24.3 Å². The highest BCUT2D eigenvalue weighted by atomic mass is 19.1. The average Bonchev–Trinajstić information content (AvgIpc) is 3.18. The highest BCUT2D eigenvalue weighted by Crippen LogP contribution is 2.27. The number of nitrogens with zero attached hydrogens (tertiary/aromatic N) is 1. The minimum absolute atomic E-state index is 0.107. The molecule has 0 aliphatic rings. The van der Waals surface area contributed by atoms with Crippen LogP contribution in [0.25, 0.3) is 22.5 Å². The quantitative estimate of drug-likeness (QED) is 0.566. The van der Waals surface area contributed by atoms with Gasteiger partial charge in [-0.05, 0) is 30.3 Å². The molecule has 26 heavy (non-hydrogen) atoms. The smallest absolute Gasteiger partial charge is 0.120 e. The van der Waals surface area contributed by atoms with Crippen LogP contribution >= 0.6 is 0 Å². The van der Waals surface area contributed by atoms with Gasteiger partial charge in [0.05, 0.1) is 24.6 Å². The predicted molar refractivity (Wildman–Crippen MR) is 101 cm³/mol. The summed E-state index contributed by atoms with van der Waals surface area (Å²) in [5.74, 6) is 0.737. The van der Waals surface area contributed by atoms with Crippen LogP contribution in [0, 0.1) is 0 Å². The zero-order valence-corrected chi connectivity index (χ0v) is 14.7. The molecule has 0 radical (unpaired) electrons. The molecule has 1 aromatic heterocycles. The van der Waals surface area contributed by atoms with Crippen LogP contribution in [0.4, 0.5) is 10.1 Å². The Bertz CT molecular complexity index is 818. The summed E-state index contributed by atoms with van der Waals surface area (Å²) in [5.41, 5.74) is 4.89. The van der Waals surface area contributed by atoms with Crippen LogP contribution in [0.3, 0.4) is 0 Å². The maximum absolute atomic E-state index is 12.0. The molecule has 0 saturated carbocycles. The van der Waals surface area contributed by atoms with E-state index >= 15 is 0 Å². The van der Waals surface area contributed by atoms with Gasteiger partial charge in [-0.2, -0.15) is 5.10 Å². The third-order valence-corrected chi connectivity index (χ3v) is 3.91. The lowest BCUT2D eigenvalue weighted by Crippen LogP contribution is -2.08. The van der Waals surface area contributed by atoms with Gasteiger partial charge in [0, 0.05) is 23.9 Å². The first-order chi connectivity index (χ1) is 12.8. The van der Waals surface area contributed by atoms with Gasteiger partial charge >= 0.3 is 0 Å². The van der Waals surface area contributed by atoms with Crippen molar-refractivity contribution in [2.24, 2.45) is 0 Å². The Morgan fingerprint density at radius 1 is 1.00 bits per heavy atom. The molecule has 5 nitrogen and oxygen atoms in total. The lowest BCUT2D eigenvalue weighted by atomic mass is 10.1. The van der Waals surface area contributed by atoms with Crippen LogP contribution in [0.2, 0.25) is 0 Å². The third kappa shape index (κ3) is 4.61. The molecular weight excluding hydrogens is 333 g/mol. The fraction of sp³-hybridized carbons (Fsp3) is 0.250. The number of anilines is 1. The number of alkyl halides is 1. The van der Waals surface area contributed by atoms with E-state index in [9.17, 15) is 4.39 Å². The van der Waals surface area contributed by atoms with E-state index in [2.05, 4.69) is 15.5 Å². The van der Waals surface area contributed by atoms with Crippen molar-refractivity contribution in [3.05, 3.63) is 54.6 Å². The summed E-state index contributed by atoms with van der Waals surface area (Å²) in [6.45, 7) is 0.380. The summed E-state index contributed by atoms with van der Waals surface area (Å²) in [6, 6.07) is 17.8. The van der Waals surface area contributed by atoms with Crippen molar-refractivity contribution in [1.29, 1.82) is 0 Å². The van der Waals surface area contributed by atoms with Gasteiger partial charge in [-0.3, -0.25) is 5.10 Å². The minimum Gasteiger partial charge on any atom is -0.491 e. The average molecular weight is 355 g/mol. The van der Waals surface area contributed by atoms with E-state index < -0.39 is 6.67 Å². The van der Waals surface area contributed by atoms with Crippen molar-refractivity contribution in [3.8, 4) is 28.3 Å². The summed E-state index contributed by atoms with van der Waals surface area (Å²) in [7, 11) is 1.89. The Kier molecular flexibility index (Phi) is 6.22. The highest BCUT2D eigenvalue weighted by Gasteiger charge is 2.07. The first kappa shape index (κ1) is 17.9. The Labute approximate surface area is 152 Å². The maximum atomic E-state index is 12.0. The zero-order valence-electron chi connectivity index (χ0n) is 14.7. The topological polar surface area (TPSA) is 59.2 Å². The van der Waals surface area contributed by atoms with Gasteiger partial charge in [0.25, 0.3) is 0 Å². The van der Waals surface area contributed by atoms with E-state index in [1.165, 1.54) is 0 Å². The molecule has 3 aromatic rings. The molecule has 0 spiro atoms. The normalized spacial score (nSPS) is 10.7. The van der Waals surface area contributed by atoms with E-state index in [0.29, 0.717) is 13.2 Å². The number of benzene rings is 2. The van der Waals surface area contributed by atoms with E-state index in [1.54, 1.807) is 0 Å². The second-order valence-electron chi connectivity index (χ2n) is 5.67. The molecular formula is C20H22FN3O2. The lowest BCUT2D eigenvalue weighted by molar-refractivity contribution is 0.0897. The summed E-state index contributed by atoms with van der Waals surface area (Å²) >= 11 is 0. The molecule has 0 aliphatic carbocycles. The summed E-state index contributed by atoms with van der Waals surface area (Å²) in [4.78, 5) is 0. The van der Waals surface area contributed by atoms with Crippen LogP contribution in [-0.4, -0.2) is 43.7 Å². The van der Waals surface area contributed by atoms with E-state index in [1.807, 2.05) is 61.6 Å². The Morgan fingerprint density at radius 2 is 1.85 bits per heavy atom. The summed E-state index contributed by atoms with van der Waals surface area (Å²) in [6.07, 6.45) is 0. The first-order valence-corrected chi connectivity index (χ1v) is 8.50. The van der Waals surface area contributed by atoms with E-state index in [4.69, 9.17) is 9.47 Å². The largest absolute Gasteiger partial charge is 0.491 e. The monoisotopic (exact) mass is 355 g/mol. The molecule has 0 unspecified atom stereocenters. The second-order valence-corrected chi connectivity index (χ2v) is 5.67. The third-order valence-electron chi connectivity index (χ3n) is 3.91. The molecule has 2 N–H and O–H groups in total. The van der Waals surface area contributed by atoms with Crippen molar-refractivity contribution in [3.63, 3.8) is 0 Å². The molecule has 0 saturated heterocycles. The van der Waals surface area contributed by atoms with Crippen LogP contribution in [0.1, 0.15) is 0 Å². The molecule has 0 aliphatic heterocycles. The fourth-order valence-corrected chi connectivity index (χ4v) is 2.55. The van der Waals surface area contributed by atoms with E-state index in [0.717, 1.165) is 34.0 Å². The number of hydrogen-bond acceptors (Lipinski definition) is 4. The number of nitrogens with one attached hydrogen (secondary N) is 2. The van der Waals surface area contributed by atoms with Gasteiger partial charge in [0.15, 0.2) is 0 Å². The van der Waals surface area contributed by atoms with Crippen LogP contribution in [-0.2, 0) is 4.74 Å². The van der Waals surface area contributed by atoms with Crippen LogP contribution in [0.5, 0.6) is 5.75 Å². The minimum atomic E-state index is -0.477. The standard InChI is InChI=1S/C20H22FN3O2/c1-22-17-7-5-15(6-8-17)19-14-20(24-23-19)16-3-2-4-18(13-16)26-12-11-25-10-9-21/h2-8,13-14,22H,9-12H2,1H3,(H,23,24). The molecule has 0 atom stereocenters. The zero-order chi connectivity index (χ0) is 18.2. The predicted octanol–water partition coefficient (Wildman–Crippen LogP) is 4.15. The fourth-order valence-electron chi connectivity index (χ4n) is 2.55. The van der Waals surface area contributed by atoms with Crippen LogP contribution in [0.15, 0.2) is 54.6 Å². The highest BCUT2D eigenvalue weighted by molar-refractivity contribution is 5.70. The van der Waals surface area contributed by atoms with Gasteiger partial charge in [0.2, 0.25) is 0 Å². The van der Waals surface area contributed by atoms with Crippen molar-refractivity contribution < 1.29 is 13.9 Å². The molecule has 3 rings (SSSR count). The summed E-state index contributed by atoms with van der Waals surface area (Å²) < 4.78 is 22.7. The number of H-pyrrole nitrogens is 1. The number of ether oxygens (including phenoxy) is 2. The Morgan fingerprint density at radius 3 is 2.62 bits per heavy atom.